The molecule has 0 aliphatic carbocycles. The first-order valence-corrected chi connectivity index (χ1v) is 11.6. The summed E-state index contributed by atoms with van der Waals surface area (Å²) in [5, 5.41) is 14.4. The Labute approximate surface area is 210 Å². The van der Waals surface area contributed by atoms with Crippen molar-refractivity contribution < 1.29 is 33.7 Å². The number of imidazole rings is 1. The molecule has 0 saturated carbocycles. The van der Waals surface area contributed by atoms with Gasteiger partial charge in [0.2, 0.25) is 5.78 Å². The van der Waals surface area contributed by atoms with E-state index in [2.05, 4.69) is 25.6 Å². The second-order valence-electron chi connectivity index (χ2n) is 8.37. The molecule has 13 nitrogen and oxygen atoms in total. The lowest BCUT2D eigenvalue weighted by atomic mass is 10.1. The molecular weight excluding hydrogens is 484 g/mol. The summed E-state index contributed by atoms with van der Waals surface area (Å²) in [5.74, 6) is -2.35. The topological polar surface area (TPSA) is 167 Å². The Morgan fingerprint density at radius 2 is 1.86 bits per heavy atom. The van der Waals surface area contributed by atoms with Gasteiger partial charge in [-0.05, 0) is 18.6 Å². The number of carbonyl (C=O) groups excluding carboxylic acids is 2. The van der Waals surface area contributed by atoms with Crippen LogP contribution in [0.4, 0.5) is 10.6 Å². The van der Waals surface area contributed by atoms with Crippen molar-refractivity contribution in [2.75, 3.05) is 11.9 Å². The number of aromatic nitrogens is 4. The molecule has 5 rings (SSSR count). The van der Waals surface area contributed by atoms with Crippen LogP contribution < -0.4 is 10.6 Å². The van der Waals surface area contributed by atoms with Crippen LogP contribution in [0.15, 0.2) is 49.1 Å². The highest BCUT2D eigenvalue weighted by Crippen LogP contribution is 2.42. The lowest BCUT2D eigenvalue weighted by Gasteiger charge is -2.20. The number of rotatable bonds is 8. The quantitative estimate of drug-likeness (QED) is 0.381. The van der Waals surface area contributed by atoms with Gasteiger partial charge in [-0.2, -0.15) is 0 Å². The average molecular weight is 508 g/mol. The lowest BCUT2D eigenvalue weighted by Crippen LogP contribution is -2.32. The maximum Gasteiger partial charge on any atom is 0.372 e. The molecular formula is C24H24N6O7. The number of carboxylic acids is 1. The molecule has 2 aromatic heterocycles. The molecule has 2 amide bonds. The Morgan fingerprint density at radius 3 is 2.62 bits per heavy atom. The number of hydrogen-bond donors (Lipinski definition) is 3. The van der Waals surface area contributed by atoms with Crippen molar-refractivity contribution in [2.45, 2.75) is 44.2 Å². The summed E-state index contributed by atoms with van der Waals surface area (Å²) in [5.41, 5.74) is 1.61. The molecule has 37 heavy (non-hydrogen) atoms. The second kappa shape index (κ2) is 10.4. The normalized spacial score (nSPS) is 24.8. The minimum Gasteiger partial charge on any atom is -0.475 e. The predicted octanol–water partition coefficient (Wildman–Crippen LogP) is 1.73. The highest BCUT2D eigenvalue weighted by atomic mass is 16.8. The van der Waals surface area contributed by atoms with Crippen molar-refractivity contribution in [3.8, 4) is 0 Å². The summed E-state index contributed by atoms with van der Waals surface area (Å²) >= 11 is 0. The van der Waals surface area contributed by atoms with E-state index in [0.29, 0.717) is 17.7 Å². The van der Waals surface area contributed by atoms with Crippen molar-refractivity contribution in [1.29, 1.82) is 0 Å². The average Bonchev–Trinajstić information content (AvgIpc) is 3.58. The van der Waals surface area contributed by atoms with Crippen LogP contribution >= 0.6 is 0 Å². The third kappa shape index (κ3) is 5.05. The van der Waals surface area contributed by atoms with E-state index in [0.717, 1.165) is 5.56 Å². The van der Waals surface area contributed by atoms with Crippen LogP contribution in [0.2, 0.25) is 0 Å². The van der Waals surface area contributed by atoms with E-state index in [1.54, 1.807) is 17.6 Å². The Kier molecular flexibility index (Phi) is 6.90. The fraction of sp³-hybridized carbons (Fsp3) is 0.333. The van der Waals surface area contributed by atoms with Crippen LogP contribution in [0.3, 0.4) is 0 Å². The van der Waals surface area contributed by atoms with Gasteiger partial charge in [0, 0.05) is 13.0 Å². The van der Waals surface area contributed by atoms with Gasteiger partial charge in [0.25, 0.3) is 0 Å². The van der Waals surface area contributed by atoms with Crippen LogP contribution in [0.1, 0.15) is 25.1 Å². The van der Waals surface area contributed by atoms with E-state index in [1.165, 1.54) is 12.7 Å². The molecule has 2 aliphatic heterocycles. The van der Waals surface area contributed by atoms with Crippen LogP contribution in [-0.2, 0) is 23.8 Å². The highest BCUT2D eigenvalue weighted by molar-refractivity contribution is 6.32. The third-order valence-corrected chi connectivity index (χ3v) is 5.94. The molecule has 3 N–H and O–H groups in total. The molecule has 2 fully saturated rings. The zero-order valence-electron chi connectivity index (χ0n) is 19.7. The van der Waals surface area contributed by atoms with E-state index in [4.69, 9.17) is 19.3 Å². The molecule has 0 radical (unpaired) electrons. The smallest absolute Gasteiger partial charge is 0.372 e. The van der Waals surface area contributed by atoms with Gasteiger partial charge in [-0.15, -0.1) is 0 Å². The fourth-order valence-electron chi connectivity index (χ4n) is 4.30. The Morgan fingerprint density at radius 1 is 1.08 bits per heavy atom. The van der Waals surface area contributed by atoms with E-state index in [-0.39, 0.29) is 5.82 Å². The molecule has 5 unspecified atom stereocenters. The van der Waals surface area contributed by atoms with E-state index in [1.807, 2.05) is 36.4 Å². The van der Waals surface area contributed by atoms with Crippen molar-refractivity contribution >= 4 is 40.8 Å². The van der Waals surface area contributed by atoms with E-state index in [9.17, 15) is 14.4 Å². The summed E-state index contributed by atoms with van der Waals surface area (Å²) in [4.78, 5) is 47.9. The lowest BCUT2D eigenvalue weighted by molar-refractivity contribution is -0.154. The first kappa shape index (κ1) is 24.5. The van der Waals surface area contributed by atoms with Crippen LogP contribution in [0.25, 0.3) is 17.2 Å². The number of Topliss-reactive ketones (excluding diaryl/α,β-unsaturated/α-hetero) is 1. The summed E-state index contributed by atoms with van der Waals surface area (Å²) in [6.45, 7) is 2.22. The Balaban J connectivity index is 1.43. The number of carbonyl (C=O) groups is 3. The largest absolute Gasteiger partial charge is 0.475 e. The number of nitrogens with one attached hydrogen (secondary N) is 2. The van der Waals surface area contributed by atoms with Crippen molar-refractivity contribution in [1.82, 2.24) is 24.8 Å². The van der Waals surface area contributed by atoms with Crippen LogP contribution in [-0.4, -0.2) is 73.6 Å². The number of hydrogen-bond acceptors (Lipinski definition) is 9. The maximum atomic E-state index is 12.0. The number of carboxylic acid groups (broad SMARTS) is 1. The molecule has 5 atom stereocenters. The standard InChI is InChI=1S/C24H24N6O7/c1-2-25-24(34)29-20-17-21(27-11-26-20)30(12-28-17)22-19-18(15(35-22)10-14(31)23(32)33)36-16(37-19)9-8-13-6-4-3-5-7-13/h3-9,11-12,15-16,18-19,22H,2,10H2,1H3,(H,32,33)(H2,25,26,27,29,34). The number of anilines is 1. The number of benzene rings is 1. The Hall–Kier alpha value is -4.20. The molecule has 13 heteroatoms. The molecule has 3 aromatic rings. The van der Waals surface area contributed by atoms with Gasteiger partial charge in [0.1, 0.15) is 18.5 Å². The number of aliphatic carboxylic acids is 1. The number of ketones is 1. The molecule has 4 heterocycles. The SMILES string of the molecule is CCNC(=O)Nc1ncnc2c1ncn2C1OC(CC(=O)C(=O)O)C2OC(C=Cc3ccccc3)OC21. The molecule has 0 bridgehead atoms. The molecule has 0 spiro atoms. The summed E-state index contributed by atoms with van der Waals surface area (Å²) in [6.07, 6.45) is 2.07. The molecule has 1 aromatic carbocycles. The molecule has 192 valence electrons. The second-order valence-corrected chi connectivity index (χ2v) is 8.37. The number of ether oxygens (including phenoxy) is 3. The van der Waals surface area contributed by atoms with E-state index >= 15 is 0 Å². The van der Waals surface area contributed by atoms with Gasteiger partial charge in [-0.3, -0.25) is 14.7 Å². The van der Waals surface area contributed by atoms with E-state index < -0.39 is 55.0 Å². The van der Waals surface area contributed by atoms with Crippen molar-refractivity contribution in [3.63, 3.8) is 0 Å². The zero-order valence-corrected chi connectivity index (χ0v) is 19.7. The first-order valence-electron chi connectivity index (χ1n) is 11.6. The van der Waals surface area contributed by atoms with Gasteiger partial charge in [0.05, 0.1) is 12.4 Å². The van der Waals surface area contributed by atoms with Crippen LogP contribution in [0, 0.1) is 0 Å². The zero-order chi connectivity index (χ0) is 25.9. The van der Waals surface area contributed by atoms with Gasteiger partial charge in [-0.1, -0.05) is 36.4 Å². The molecule has 2 saturated heterocycles. The van der Waals surface area contributed by atoms with Gasteiger partial charge in [-0.25, -0.2) is 24.5 Å². The Bertz CT molecular complexity index is 1340. The maximum absolute atomic E-state index is 12.0. The number of fused-ring (bicyclic) bond motifs is 2. The predicted molar refractivity (Wildman–Crippen MR) is 128 cm³/mol. The highest BCUT2D eigenvalue weighted by Gasteiger charge is 2.54. The number of amides is 2. The number of urea groups is 1. The first-order chi connectivity index (χ1) is 17.9. The summed E-state index contributed by atoms with van der Waals surface area (Å²) < 4.78 is 19.8. The van der Waals surface area contributed by atoms with Gasteiger partial charge < -0.3 is 24.6 Å². The minimum absolute atomic E-state index is 0.203. The molecule has 2 aliphatic rings. The minimum atomic E-state index is -1.55. The van der Waals surface area contributed by atoms with Crippen molar-refractivity contribution in [2.24, 2.45) is 0 Å². The number of nitrogens with zero attached hydrogens (tertiary/aromatic N) is 4. The van der Waals surface area contributed by atoms with Gasteiger partial charge >= 0.3 is 12.0 Å². The van der Waals surface area contributed by atoms with Crippen LogP contribution in [0.5, 0.6) is 0 Å². The third-order valence-electron chi connectivity index (χ3n) is 5.94. The monoisotopic (exact) mass is 508 g/mol. The summed E-state index contributed by atoms with van der Waals surface area (Å²) in [7, 11) is 0. The van der Waals surface area contributed by atoms with Gasteiger partial charge in [0.15, 0.2) is 29.5 Å². The summed E-state index contributed by atoms with van der Waals surface area (Å²) in [6, 6.07) is 9.13. The fourth-order valence-corrected chi connectivity index (χ4v) is 4.30. The van der Waals surface area contributed by atoms with Crippen molar-refractivity contribution in [3.05, 3.63) is 54.6 Å².